The first-order valence-corrected chi connectivity index (χ1v) is 7.23. The highest BCUT2D eigenvalue weighted by Crippen LogP contribution is 2.31. The Labute approximate surface area is 116 Å². The van der Waals surface area contributed by atoms with Crippen LogP contribution in [0.15, 0.2) is 24.3 Å². The third-order valence-corrected chi connectivity index (χ3v) is 4.34. The van der Waals surface area contributed by atoms with E-state index in [1.165, 1.54) is 12.0 Å². The van der Waals surface area contributed by atoms with E-state index >= 15 is 0 Å². The molecular weight excluding hydrogens is 236 g/mol. The van der Waals surface area contributed by atoms with Gasteiger partial charge in [-0.3, -0.25) is 4.90 Å². The highest BCUT2D eigenvalue weighted by atomic mass is 16.5. The van der Waals surface area contributed by atoms with Crippen molar-refractivity contribution in [2.24, 2.45) is 17.6 Å². The van der Waals surface area contributed by atoms with Crippen LogP contribution in [0.1, 0.15) is 31.9 Å². The fraction of sp³-hybridized carbons (Fsp3) is 0.625. The van der Waals surface area contributed by atoms with E-state index in [9.17, 15) is 0 Å². The molecule has 1 aromatic rings. The number of nitrogens with two attached hydrogens (primary N) is 1. The molecule has 0 saturated carbocycles. The van der Waals surface area contributed by atoms with Crippen LogP contribution in [0.25, 0.3) is 0 Å². The molecule has 1 heterocycles. The molecule has 19 heavy (non-hydrogen) atoms. The first-order valence-electron chi connectivity index (χ1n) is 7.23. The molecule has 106 valence electrons. The van der Waals surface area contributed by atoms with Crippen molar-refractivity contribution >= 4 is 0 Å². The molecule has 1 aliphatic rings. The third-order valence-electron chi connectivity index (χ3n) is 4.34. The largest absolute Gasteiger partial charge is 0.497 e. The number of likely N-dealkylation sites (tertiary alicyclic amines) is 1. The monoisotopic (exact) mass is 262 g/mol. The number of methoxy groups -OCH3 is 1. The smallest absolute Gasteiger partial charge is 0.119 e. The van der Waals surface area contributed by atoms with Gasteiger partial charge in [-0.2, -0.15) is 0 Å². The molecule has 1 aromatic carbocycles. The molecule has 0 radical (unpaired) electrons. The number of ether oxygens (including phenoxy) is 1. The first-order chi connectivity index (χ1) is 9.15. The molecule has 2 rings (SSSR count). The van der Waals surface area contributed by atoms with Gasteiger partial charge in [0, 0.05) is 19.1 Å². The molecule has 2 atom stereocenters. The number of nitrogens with zero attached hydrogens (tertiary/aromatic N) is 1. The maximum absolute atomic E-state index is 6.02. The summed E-state index contributed by atoms with van der Waals surface area (Å²) in [6.45, 7) is 7.62. The van der Waals surface area contributed by atoms with E-state index in [-0.39, 0.29) is 0 Å². The normalized spacial score (nSPS) is 21.8. The van der Waals surface area contributed by atoms with Gasteiger partial charge in [0.15, 0.2) is 0 Å². The minimum Gasteiger partial charge on any atom is -0.497 e. The van der Waals surface area contributed by atoms with Crippen LogP contribution in [0.2, 0.25) is 0 Å². The van der Waals surface area contributed by atoms with Crippen LogP contribution in [0.5, 0.6) is 5.75 Å². The van der Waals surface area contributed by atoms with Crippen molar-refractivity contribution in [2.75, 3.05) is 26.7 Å². The van der Waals surface area contributed by atoms with Gasteiger partial charge >= 0.3 is 0 Å². The maximum Gasteiger partial charge on any atom is 0.119 e. The number of rotatable bonds is 5. The molecule has 0 bridgehead atoms. The van der Waals surface area contributed by atoms with Crippen LogP contribution in [-0.2, 0) is 0 Å². The molecule has 1 saturated heterocycles. The van der Waals surface area contributed by atoms with Crippen LogP contribution in [0, 0.1) is 11.8 Å². The highest BCUT2D eigenvalue weighted by Gasteiger charge is 2.29. The van der Waals surface area contributed by atoms with Gasteiger partial charge in [-0.1, -0.05) is 26.0 Å². The fourth-order valence-corrected chi connectivity index (χ4v) is 2.99. The average Bonchev–Trinajstić information content (AvgIpc) is 2.90. The zero-order valence-electron chi connectivity index (χ0n) is 12.3. The Hall–Kier alpha value is -1.06. The van der Waals surface area contributed by atoms with Gasteiger partial charge in [-0.25, -0.2) is 0 Å². The molecule has 2 unspecified atom stereocenters. The van der Waals surface area contributed by atoms with Gasteiger partial charge in [0.25, 0.3) is 0 Å². The van der Waals surface area contributed by atoms with Crippen molar-refractivity contribution in [3.05, 3.63) is 29.8 Å². The predicted octanol–water partition coefficient (Wildman–Crippen LogP) is 2.67. The molecule has 0 amide bonds. The highest BCUT2D eigenvalue weighted by molar-refractivity contribution is 5.31. The van der Waals surface area contributed by atoms with E-state index in [4.69, 9.17) is 10.5 Å². The van der Waals surface area contributed by atoms with Crippen molar-refractivity contribution in [1.29, 1.82) is 0 Å². The lowest BCUT2D eigenvalue weighted by atomic mass is 9.95. The van der Waals surface area contributed by atoms with Gasteiger partial charge in [0.1, 0.15) is 5.75 Å². The van der Waals surface area contributed by atoms with Gasteiger partial charge in [-0.15, -0.1) is 0 Å². The van der Waals surface area contributed by atoms with Gasteiger partial charge in [-0.05, 0) is 42.5 Å². The van der Waals surface area contributed by atoms with E-state index < -0.39 is 0 Å². The topological polar surface area (TPSA) is 38.5 Å². The van der Waals surface area contributed by atoms with Crippen molar-refractivity contribution in [2.45, 2.75) is 26.3 Å². The van der Waals surface area contributed by atoms with E-state index in [0.717, 1.165) is 30.7 Å². The van der Waals surface area contributed by atoms with Crippen molar-refractivity contribution in [3.63, 3.8) is 0 Å². The Morgan fingerprint density at radius 3 is 2.79 bits per heavy atom. The lowest BCUT2D eigenvalue weighted by Gasteiger charge is -2.28. The van der Waals surface area contributed by atoms with Crippen LogP contribution >= 0.6 is 0 Å². The zero-order valence-corrected chi connectivity index (χ0v) is 12.3. The summed E-state index contributed by atoms with van der Waals surface area (Å²) < 4.78 is 5.31. The zero-order chi connectivity index (χ0) is 13.8. The Morgan fingerprint density at radius 2 is 2.21 bits per heavy atom. The second kappa shape index (κ2) is 6.40. The molecular formula is C16H26N2O. The van der Waals surface area contributed by atoms with Crippen LogP contribution < -0.4 is 10.5 Å². The van der Waals surface area contributed by atoms with Gasteiger partial charge in [0.2, 0.25) is 0 Å². The molecule has 1 fully saturated rings. The standard InChI is InChI=1S/C16H26N2O/c1-12(2)14-7-8-18(11-14)16(10-17)13-5-4-6-15(9-13)19-3/h4-6,9,12,14,16H,7-8,10-11,17H2,1-3H3. The number of hydrogen-bond donors (Lipinski definition) is 1. The number of benzene rings is 1. The first kappa shape index (κ1) is 14.4. The van der Waals surface area contributed by atoms with E-state index in [1.54, 1.807) is 7.11 Å². The van der Waals surface area contributed by atoms with Crippen molar-refractivity contribution in [1.82, 2.24) is 4.90 Å². The van der Waals surface area contributed by atoms with Gasteiger partial charge in [0.05, 0.1) is 7.11 Å². The maximum atomic E-state index is 6.02. The summed E-state index contributed by atoms with van der Waals surface area (Å²) in [4.78, 5) is 2.53. The molecule has 3 heteroatoms. The molecule has 1 aliphatic heterocycles. The summed E-state index contributed by atoms with van der Waals surface area (Å²) in [5, 5.41) is 0. The number of hydrogen-bond acceptors (Lipinski definition) is 3. The van der Waals surface area contributed by atoms with E-state index in [0.29, 0.717) is 12.6 Å². The minimum absolute atomic E-state index is 0.318. The predicted molar refractivity (Wildman–Crippen MR) is 79.3 cm³/mol. The average molecular weight is 262 g/mol. The lowest BCUT2D eigenvalue weighted by molar-refractivity contribution is 0.231. The van der Waals surface area contributed by atoms with Crippen LogP contribution in [0.4, 0.5) is 0 Å². The Kier molecular flexibility index (Phi) is 4.83. The summed E-state index contributed by atoms with van der Waals surface area (Å²) >= 11 is 0. The third kappa shape index (κ3) is 3.28. The summed E-state index contributed by atoms with van der Waals surface area (Å²) in [5.41, 5.74) is 7.28. The molecule has 0 aromatic heterocycles. The Bertz CT molecular complexity index is 405. The van der Waals surface area contributed by atoms with Crippen LogP contribution in [-0.4, -0.2) is 31.6 Å². The summed E-state index contributed by atoms with van der Waals surface area (Å²) in [5.74, 6) is 2.48. The summed E-state index contributed by atoms with van der Waals surface area (Å²) in [6.07, 6.45) is 1.29. The lowest BCUT2D eigenvalue weighted by Crippen LogP contribution is -2.32. The van der Waals surface area contributed by atoms with Crippen molar-refractivity contribution in [3.8, 4) is 5.75 Å². The minimum atomic E-state index is 0.318. The molecule has 3 nitrogen and oxygen atoms in total. The molecule has 2 N–H and O–H groups in total. The van der Waals surface area contributed by atoms with Crippen molar-refractivity contribution < 1.29 is 4.74 Å². The second-order valence-electron chi connectivity index (χ2n) is 5.82. The SMILES string of the molecule is COc1cccc(C(CN)N2CCC(C(C)C)C2)c1. The second-order valence-corrected chi connectivity index (χ2v) is 5.82. The molecule has 0 aliphatic carbocycles. The quantitative estimate of drug-likeness (QED) is 0.886. The molecule has 0 spiro atoms. The van der Waals surface area contributed by atoms with E-state index in [2.05, 4.69) is 30.9 Å². The Balaban J connectivity index is 2.11. The Morgan fingerprint density at radius 1 is 1.42 bits per heavy atom. The van der Waals surface area contributed by atoms with Crippen LogP contribution in [0.3, 0.4) is 0 Å². The fourth-order valence-electron chi connectivity index (χ4n) is 2.99. The summed E-state index contributed by atoms with van der Waals surface area (Å²) in [6, 6.07) is 8.62. The van der Waals surface area contributed by atoms with E-state index in [1.807, 2.05) is 12.1 Å². The van der Waals surface area contributed by atoms with Gasteiger partial charge < -0.3 is 10.5 Å². The summed E-state index contributed by atoms with van der Waals surface area (Å²) in [7, 11) is 1.71.